The van der Waals surface area contributed by atoms with Crippen LogP contribution in [0.5, 0.6) is 0 Å². The number of carbonyl (C=O) groups is 2. The second-order valence-corrected chi connectivity index (χ2v) is 15.3. The van der Waals surface area contributed by atoms with Crippen molar-refractivity contribution in [1.29, 1.82) is 0 Å². The molecule has 8 heteroatoms. The number of hydrogen-bond acceptors (Lipinski definition) is 8. The summed E-state index contributed by atoms with van der Waals surface area (Å²) in [7, 11) is 2.20. The zero-order valence-corrected chi connectivity index (χ0v) is 26.2. The summed E-state index contributed by atoms with van der Waals surface area (Å²) in [4.78, 5) is 32.2. The third-order valence-corrected chi connectivity index (χ3v) is 13.2. The first kappa shape index (κ1) is 29.8. The minimum Gasteiger partial charge on any atom is -0.461 e. The molecular weight excluding hydrogens is 518 g/mol. The van der Waals surface area contributed by atoms with Crippen molar-refractivity contribution >= 4 is 11.9 Å². The molecule has 2 aliphatic heterocycles. The molecule has 6 aliphatic rings. The van der Waals surface area contributed by atoms with E-state index in [0.717, 1.165) is 77.8 Å². The van der Waals surface area contributed by atoms with Crippen molar-refractivity contribution in [2.45, 2.75) is 116 Å². The lowest BCUT2D eigenvalue weighted by molar-refractivity contribution is -0.181. The molecule has 6 rings (SSSR count). The predicted molar refractivity (Wildman–Crippen MR) is 157 cm³/mol. The number of piperazine rings is 1. The molecule has 232 valence electrons. The highest BCUT2D eigenvalue weighted by molar-refractivity contribution is 5.66. The number of aliphatic hydroxyl groups is 1. The molecule has 1 N–H and O–H groups in total. The summed E-state index contributed by atoms with van der Waals surface area (Å²) in [6.45, 7) is 14.2. The number of aliphatic hydroxyl groups excluding tert-OH is 1. The fraction of sp³-hybridized carbons (Fsp3) is 0.939. The second-order valence-electron chi connectivity index (χ2n) is 15.3. The van der Waals surface area contributed by atoms with Crippen LogP contribution in [0.1, 0.15) is 85.5 Å². The lowest BCUT2D eigenvalue weighted by Crippen LogP contribution is -2.61. The van der Waals surface area contributed by atoms with Crippen LogP contribution < -0.4 is 0 Å². The molecule has 0 bridgehead atoms. The maximum atomic E-state index is 12.4. The standard InChI is InChI=1S/C33H55N3O5/c1-21(37)40-30-18-23-6-7-25-26(33(23,4)20-29(30)35-12-9-24(39)10-13-35)8-11-32(3)27(25)19-28(31(32)41-22(2)38)36-16-14-34(5)15-17-36/h23-31,39H,6-20H2,1-5H3/t23-,25+,26-,27-,28-,29-,30-,31-,32-,33-/m0/s1. The van der Waals surface area contributed by atoms with Crippen LogP contribution in [-0.2, 0) is 19.1 Å². The molecule has 8 nitrogen and oxygen atoms in total. The van der Waals surface area contributed by atoms with Crippen molar-refractivity contribution in [2.75, 3.05) is 46.3 Å². The Morgan fingerprint density at radius 1 is 0.756 bits per heavy atom. The fourth-order valence-corrected chi connectivity index (χ4v) is 11.0. The summed E-state index contributed by atoms with van der Waals surface area (Å²) in [6.07, 6.45) is 9.27. The molecule has 6 fully saturated rings. The summed E-state index contributed by atoms with van der Waals surface area (Å²) < 4.78 is 12.3. The minimum absolute atomic E-state index is 0.0212. The van der Waals surface area contributed by atoms with Gasteiger partial charge in [0.05, 0.1) is 6.10 Å². The van der Waals surface area contributed by atoms with Gasteiger partial charge in [0.1, 0.15) is 12.2 Å². The van der Waals surface area contributed by atoms with Crippen LogP contribution in [0.15, 0.2) is 0 Å². The van der Waals surface area contributed by atoms with E-state index in [2.05, 4.69) is 35.6 Å². The van der Waals surface area contributed by atoms with E-state index in [4.69, 9.17) is 9.47 Å². The molecule has 10 atom stereocenters. The average molecular weight is 574 g/mol. The SMILES string of the molecule is CC(=O)O[C@H]1C[C@@H]2CC[C@@H]3[C@H](CC[C@@]4(C)[C@H]3C[C@H](N3CCN(C)CC3)[C@@H]4OC(C)=O)[C@@]2(C)C[C@@H]1N1CCC(O)CC1. The molecular formula is C33H55N3O5. The van der Waals surface area contributed by atoms with Gasteiger partial charge in [-0.15, -0.1) is 0 Å². The zero-order valence-electron chi connectivity index (χ0n) is 26.2. The molecule has 0 aromatic heterocycles. The quantitative estimate of drug-likeness (QED) is 0.512. The van der Waals surface area contributed by atoms with Crippen molar-refractivity contribution in [3.63, 3.8) is 0 Å². The highest BCUT2D eigenvalue weighted by atomic mass is 16.5. The van der Waals surface area contributed by atoms with Crippen molar-refractivity contribution in [3.8, 4) is 0 Å². The molecule has 0 amide bonds. The Kier molecular flexibility index (Phi) is 8.27. The Labute approximate surface area is 247 Å². The number of likely N-dealkylation sites (N-methyl/N-ethyl adjacent to an activating group) is 1. The number of esters is 2. The van der Waals surface area contributed by atoms with Crippen LogP contribution in [0, 0.1) is 34.5 Å². The van der Waals surface area contributed by atoms with Crippen LogP contribution in [0.3, 0.4) is 0 Å². The van der Waals surface area contributed by atoms with E-state index in [-0.39, 0.29) is 47.1 Å². The Balaban J connectivity index is 1.26. The van der Waals surface area contributed by atoms with E-state index in [1.807, 2.05) is 0 Å². The first-order valence-electron chi connectivity index (χ1n) is 16.7. The van der Waals surface area contributed by atoms with E-state index >= 15 is 0 Å². The van der Waals surface area contributed by atoms with Gasteiger partial charge in [0.15, 0.2) is 0 Å². The smallest absolute Gasteiger partial charge is 0.302 e. The van der Waals surface area contributed by atoms with Crippen molar-refractivity contribution in [2.24, 2.45) is 34.5 Å². The minimum atomic E-state index is -0.207. The summed E-state index contributed by atoms with van der Waals surface area (Å²) in [5.41, 5.74) is 0.242. The average Bonchev–Trinajstić information content (AvgIpc) is 3.21. The van der Waals surface area contributed by atoms with Crippen LogP contribution in [0.2, 0.25) is 0 Å². The second kappa shape index (κ2) is 11.4. The number of ether oxygens (including phenoxy) is 2. The van der Waals surface area contributed by atoms with E-state index in [0.29, 0.717) is 29.7 Å². The number of carbonyl (C=O) groups excluding carboxylic acids is 2. The maximum Gasteiger partial charge on any atom is 0.302 e. The third kappa shape index (κ3) is 5.38. The number of rotatable bonds is 4. The van der Waals surface area contributed by atoms with Gasteiger partial charge in [-0.05, 0) is 93.9 Å². The molecule has 41 heavy (non-hydrogen) atoms. The lowest BCUT2D eigenvalue weighted by Gasteiger charge is -2.62. The van der Waals surface area contributed by atoms with Gasteiger partial charge in [-0.2, -0.15) is 0 Å². The Hall–Kier alpha value is -1.22. The first-order chi connectivity index (χ1) is 19.5. The van der Waals surface area contributed by atoms with Gasteiger partial charge in [0.2, 0.25) is 0 Å². The number of fused-ring (bicyclic) bond motifs is 5. The fourth-order valence-electron chi connectivity index (χ4n) is 11.0. The van der Waals surface area contributed by atoms with E-state index in [9.17, 15) is 14.7 Å². The molecule has 4 aliphatic carbocycles. The Morgan fingerprint density at radius 3 is 2.07 bits per heavy atom. The van der Waals surface area contributed by atoms with Gasteiger partial charge in [-0.1, -0.05) is 13.8 Å². The van der Waals surface area contributed by atoms with E-state index in [1.54, 1.807) is 13.8 Å². The predicted octanol–water partition coefficient (Wildman–Crippen LogP) is 3.55. The molecule has 0 aromatic rings. The summed E-state index contributed by atoms with van der Waals surface area (Å²) in [6, 6.07) is 0.550. The largest absolute Gasteiger partial charge is 0.461 e. The first-order valence-corrected chi connectivity index (χ1v) is 16.7. The lowest BCUT2D eigenvalue weighted by atomic mass is 9.44. The molecule has 0 spiro atoms. The van der Waals surface area contributed by atoms with Crippen LogP contribution >= 0.6 is 0 Å². The highest BCUT2D eigenvalue weighted by Gasteiger charge is 2.65. The van der Waals surface area contributed by atoms with Crippen LogP contribution in [0.4, 0.5) is 0 Å². The zero-order chi connectivity index (χ0) is 29.1. The van der Waals surface area contributed by atoms with Crippen LogP contribution in [0.25, 0.3) is 0 Å². The number of likely N-dealkylation sites (tertiary alicyclic amines) is 1. The van der Waals surface area contributed by atoms with Crippen LogP contribution in [-0.4, -0.2) is 108 Å². The maximum absolute atomic E-state index is 12.4. The summed E-state index contributed by atoms with van der Waals surface area (Å²) in [5.74, 6) is 2.15. The van der Waals surface area contributed by atoms with Crippen molar-refractivity contribution in [1.82, 2.24) is 14.7 Å². The van der Waals surface area contributed by atoms with E-state index < -0.39 is 0 Å². The third-order valence-electron chi connectivity index (χ3n) is 13.2. The van der Waals surface area contributed by atoms with Gasteiger partial charge in [0.25, 0.3) is 0 Å². The highest BCUT2D eigenvalue weighted by Crippen LogP contribution is 2.67. The number of nitrogens with zero attached hydrogens (tertiary/aromatic N) is 3. The molecule has 4 saturated carbocycles. The Morgan fingerprint density at radius 2 is 1.41 bits per heavy atom. The van der Waals surface area contributed by atoms with Gasteiger partial charge in [-0.25, -0.2) is 0 Å². The molecule has 0 radical (unpaired) electrons. The molecule has 0 aromatic carbocycles. The number of piperidine rings is 1. The molecule has 0 unspecified atom stereocenters. The normalized spacial score (nSPS) is 46.3. The monoisotopic (exact) mass is 573 g/mol. The van der Waals surface area contributed by atoms with Gasteiger partial charge in [-0.3, -0.25) is 19.4 Å². The summed E-state index contributed by atoms with van der Waals surface area (Å²) >= 11 is 0. The number of hydrogen-bond donors (Lipinski definition) is 1. The Bertz CT molecular complexity index is 978. The van der Waals surface area contributed by atoms with Crippen molar-refractivity contribution in [3.05, 3.63) is 0 Å². The van der Waals surface area contributed by atoms with Crippen molar-refractivity contribution < 1.29 is 24.2 Å². The van der Waals surface area contributed by atoms with Gasteiger partial charge < -0.3 is 19.5 Å². The van der Waals surface area contributed by atoms with Gasteiger partial charge >= 0.3 is 11.9 Å². The van der Waals surface area contributed by atoms with Gasteiger partial charge in [0, 0.05) is 70.6 Å². The topological polar surface area (TPSA) is 82.6 Å². The molecule has 2 saturated heterocycles. The van der Waals surface area contributed by atoms with E-state index in [1.165, 1.54) is 19.3 Å². The molecule has 2 heterocycles. The summed E-state index contributed by atoms with van der Waals surface area (Å²) in [5, 5.41) is 10.2.